The number of carbonyl (C=O) groups is 1. The molecule has 1 heterocycles. The van der Waals surface area contributed by atoms with Crippen LogP contribution in [0.1, 0.15) is 69.6 Å². The zero-order valence-electron chi connectivity index (χ0n) is 19.0. The van der Waals surface area contributed by atoms with Gasteiger partial charge in [0.25, 0.3) is 0 Å². The second-order valence-electron chi connectivity index (χ2n) is 9.47. The van der Waals surface area contributed by atoms with Crippen LogP contribution in [0.25, 0.3) is 11.3 Å². The highest BCUT2D eigenvalue weighted by molar-refractivity contribution is 5.98. The summed E-state index contributed by atoms with van der Waals surface area (Å²) in [5.74, 6) is -0.152. The van der Waals surface area contributed by atoms with Gasteiger partial charge < -0.3 is 4.74 Å². The highest BCUT2D eigenvalue weighted by Gasteiger charge is 2.29. The summed E-state index contributed by atoms with van der Waals surface area (Å²) in [5, 5.41) is 14.5. The number of hydrogen-bond acceptors (Lipinski definition) is 4. The number of esters is 1. The van der Waals surface area contributed by atoms with E-state index in [0.717, 1.165) is 11.3 Å². The molecule has 0 saturated heterocycles. The second-order valence-corrected chi connectivity index (χ2v) is 9.47. The molecule has 29 heavy (non-hydrogen) atoms. The van der Waals surface area contributed by atoms with Crippen LogP contribution >= 0.6 is 0 Å². The zero-order chi connectivity index (χ0) is 22.1. The van der Waals surface area contributed by atoms with Crippen molar-refractivity contribution in [3.63, 3.8) is 0 Å². The van der Waals surface area contributed by atoms with Crippen LogP contribution in [0.3, 0.4) is 0 Å². The van der Waals surface area contributed by atoms with Crippen molar-refractivity contribution in [2.45, 2.75) is 60.8 Å². The van der Waals surface area contributed by atoms with Gasteiger partial charge in [-0.15, -0.1) is 0 Å². The molecule has 1 aromatic carbocycles. The first-order valence-corrected chi connectivity index (χ1v) is 9.75. The minimum Gasteiger partial charge on any atom is -0.422 e. The Morgan fingerprint density at radius 1 is 1.07 bits per heavy atom. The molecule has 0 saturated carbocycles. The van der Waals surface area contributed by atoms with Crippen LogP contribution in [0, 0.1) is 30.6 Å². The summed E-state index contributed by atoms with van der Waals surface area (Å²) in [6.45, 7) is 15.6. The van der Waals surface area contributed by atoms with Gasteiger partial charge in [0.1, 0.15) is 17.3 Å². The molecule has 154 valence electrons. The first-order chi connectivity index (χ1) is 13.3. The molecule has 0 aliphatic heterocycles. The van der Waals surface area contributed by atoms with E-state index >= 15 is 0 Å². The number of allylic oxidation sites excluding steroid dienone is 1. The number of hydrogen-bond donors (Lipinski definition) is 0. The van der Waals surface area contributed by atoms with Crippen molar-refractivity contribution in [3.8, 4) is 6.07 Å². The zero-order valence-corrected chi connectivity index (χ0v) is 19.0. The van der Waals surface area contributed by atoms with E-state index in [9.17, 15) is 10.1 Å². The van der Waals surface area contributed by atoms with Crippen molar-refractivity contribution in [2.24, 2.45) is 12.5 Å². The van der Waals surface area contributed by atoms with E-state index in [1.165, 1.54) is 5.56 Å². The summed E-state index contributed by atoms with van der Waals surface area (Å²) in [6, 6.07) is 10.1. The average molecular weight is 394 g/mol. The lowest BCUT2D eigenvalue weighted by atomic mass is 9.86. The molecule has 5 nitrogen and oxygen atoms in total. The summed E-state index contributed by atoms with van der Waals surface area (Å²) < 4.78 is 7.50. The molecule has 5 heteroatoms. The lowest BCUT2D eigenvalue weighted by molar-refractivity contribution is -0.145. The molecule has 0 N–H and O–H groups in total. The highest BCUT2D eigenvalue weighted by atomic mass is 16.5. The Labute approximate surface area is 174 Å². The predicted molar refractivity (Wildman–Crippen MR) is 116 cm³/mol. The first-order valence-electron chi connectivity index (χ1n) is 9.75. The maximum atomic E-state index is 12.7. The quantitative estimate of drug-likeness (QED) is 0.402. The molecule has 2 rings (SSSR count). The lowest BCUT2D eigenvalue weighted by Crippen LogP contribution is -2.23. The van der Waals surface area contributed by atoms with Gasteiger partial charge in [0.05, 0.1) is 11.1 Å². The number of ether oxygens (including phenoxy) is 1. The molecular weight excluding hydrogens is 362 g/mol. The highest BCUT2D eigenvalue weighted by Crippen LogP contribution is 2.33. The minimum absolute atomic E-state index is 0.00627. The van der Waals surface area contributed by atoms with Crippen molar-refractivity contribution in [1.29, 1.82) is 5.26 Å². The smallest absolute Gasteiger partial charge is 0.316 e. The van der Waals surface area contributed by atoms with E-state index in [1.807, 2.05) is 38.1 Å². The van der Waals surface area contributed by atoms with Gasteiger partial charge in [0.2, 0.25) is 0 Å². The molecular formula is C24H31N3O2. The number of rotatable bonds is 3. The fourth-order valence-electron chi connectivity index (χ4n) is 2.93. The third-order valence-electron chi connectivity index (χ3n) is 4.92. The van der Waals surface area contributed by atoms with Gasteiger partial charge in [0, 0.05) is 12.6 Å². The van der Waals surface area contributed by atoms with Crippen LogP contribution in [0.5, 0.6) is 0 Å². The van der Waals surface area contributed by atoms with Gasteiger partial charge in [-0.2, -0.15) is 10.4 Å². The molecule has 0 fully saturated rings. The fourth-order valence-corrected chi connectivity index (χ4v) is 2.93. The van der Waals surface area contributed by atoms with E-state index in [0.29, 0.717) is 16.8 Å². The van der Waals surface area contributed by atoms with Crippen LogP contribution in [-0.2, 0) is 22.0 Å². The summed E-state index contributed by atoms with van der Waals surface area (Å²) in [4.78, 5) is 12.7. The Morgan fingerprint density at radius 3 is 2.00 bits per heavy atom. The Bertz CT molecular complexity index is 989. The van der Waals surface area contributed by atoms with E-state index < -0.39 is 11.4 Å². The number of benzene rings is 1. The van der Waals surface area contributed by atoms with Gasteiger partial charge in [-0.3, -0.25) is 9.48 Å². The van der Waals surface area contributed by atoms with E-state index in [1.54, 1.807) is 32.5 Å². The van der Waals surface area contributed by atoms with Gasteiger partial charge >= 0.3 is 5.97 Å². The standard InChI is InChI=1S/C24H31N3O2/c1-15-16(2)26-27(9)20(15)21(29-22(28)24(6,7)8)19(14-25)17-10-12-18(13-11-17)23(3,4)5/h10-13H,1-9H3/b21-19+. The van der Waals surface area contributed by atoms with Crippen molar-refractivity contribution in [1.82, 2.24) is 9.78 Å². The maximum absolute atomic E-state index is 12.7. The van der Waals surface area contributed by atoms with Gasteiger partial charge in [-0.1, -0.05) is 45.0 Å². The van der Waals surface area contributed by atoms with Crippen molar-refractivity contribution in [2.75, 3.05) is 0 Å². The molecule has 0 amide bonds. The topological polar surface area (TPSA) is 67.9 Å². The van der Waals surface area contributed by atoms with Gasteiger partial charge in [-0.25, -0.2) is 0 Å². The summed E-state index contributed by atoms with van der Waals surface area (Å²) in [7, 11) is 1.79. The van der Waals surface area contributed by atoms with E-state index in [4.69, 9.17) is 4.74 Å². The third kappa shape index (κ3) is 4.76. The van der Waals surface area contributed by atoms with Gasteiger partial charge in [0.15, 0.2) is 5.76 Å². The van der Waals surface area contributed by atoms with Crippen molar-refractivity contribution < 1.29 is 9.53 Å². The molecule has 0 aliphatic carbocycles. The second kappa shape index (κ2) is 7.87. The predicted octanol–water partition coefficient (Wildman–Crippen LogP) is 5.32. The monoisotopic (exact) mass is 393 g/mol. The molecule has 0 radical (unpaired) electrons. The lowest BCUT2D eigenvalue weighted by Gasteiger charge is -2.21. The number of carbonyl (C=O) groups excluding carboxylic acids is 1. The Kier molecular flexibility index (Phi) is 6.08. The number of nitrogens with zero attached hydrogens (tertiary/aromatic N) is 3. The van der Waals surface area contributed by atoms with Crippen molar-refractivity contribution in [3.05, 3.63) is 52.3 Å². The summed E-state index contributed by atoms with van der Waals surface area (Å²) in [5.41, 5.74) is 3.83. The van der Waals surface area contributed by atoms with Crippen LogP contribution < -0.4 is 0 Å². The van der Waals surface area contributed by atoms with Crippen LogP contribution in [0.15, 0.2) is 24.3 Å². The molecule has 0 unspecified atom stereocenters. The average Bonchev–Trinajstić information content (AvgIpc) is 2.85. The first kappa shape index (κ1) is 22.4. The van der Waals surface area contributed by atoms with Crippen molar-refractivity contribution >= 4 is 17.3 Å². The maximum Gasteiger partial charge on any atom is 0.316 e. The third-order valence-corrected chi connectivity index (χ3v) is 4.92. The summed E-state index contributed by atoms with van der Waals surface area (Å²) >= 11 is 0. The molecule has 0 spiro atoms. The molecule has 0 atom stereocenters. The Hall–Kier alpha value is -2.87. The minimum atomic E-state index is -0.705. The number of aryl methyl sites for hydroxylation is 2. The SMILES string of the molecule is Cc1nn(C)c(/C(OC(=O)C(C)(C)C)=C(/C#N)c2ccc(C(C)(C)C)cc2)c1C. The largest absolute Gasteiger partial charge is 0.422 e. The molecule has 2 aromatic rings. The van der Waals surface area contributed by atoms with Crippen LogP contribution in [0.4, 0.5) is 0 Å². The summed E-state index contributed by atoms with van der Waals surface area (Å²) in [6.07, 6.45) is 0. The molecule has 0 bridgehead atoms. The van der Waals surface area contributed by atoms with Crippen LogP contribution in [-0.4, -0.2) is 15.7 Å². The fraction of sp³-hybridized carbons (Fsp3) is 0.458. The molecule has 1 aromatic heterocycles. The number of aromatic nitrogens is 2. The normalized spacial score (nSPS) is 13.0. The molecule has 0 aliphatic rings. The van der Waals surface area contributed by atoms with Gasteiger partial charge in [-0.05, 0) is 51.2 Å². The van der Waals surface area contributed by atoms with E-state index in [-0.39, 0.29) is 11.2 Å². The Morgan fingerprint density at radius 2 is 1.62 bits per heavy atom. The van der Waals surface area contributed by atoms with Crippen LogP contribution in [0.2, 0.25) is 0 Å². The number of nitriles is 1. The van der Waals surface area contributed by atoms with E-state index in [2.05, 4.69) is 31.9 Å². The Balaban J connectivity index is 2.73.